The Balaban J connectivity index is 1.94. The minimum absolute atomic E-state index is 0.0349. The number of nitrogens with one attached hydrogen (secondary N) is 2. The molecule has 1 unspecified atom stereocenters. The summed E-state index contributed by atoms with van der Waals surface area (Å²) in [6.45, 7) is 3.57. The van der Waals surface area contributed by atoms with Gasteiger partial charge in [-0.15, -0.1) is 0 Å². The summed E-state index contributed by atoms with van der Waals surface area (Å²) in [5.74, 6) is -1.90. The van der Waals surface area contributed by atoms with Gasteiger partial charge in [0.2, 0.25) is 0 Å². The average Bonchev–Trinajstić information content (AvgIpc) is 3.09. The molecule has 1 atom stereocenters. The third-order valence-electron chi connectivity index (χ3n) is 6.01. The van der Waals surface area contributed by atoms with Crippen LogP contribution in [0, 0.1) is 0 Å². The number of fused-ring (bicyclic) bond motifs is 5. The van der Waals surface area contributed by atoms with Gasteiger partial charge in [0.15, 0.2) is 5.54 Å². The highest BCUT2D eigenvalue weighted by molar-refractivity contribution is 6.32. The molecule has 0 saturated carbocycles. The second kappa shape index (κ2) is 7.78. The standard InChI is InChI=1S/C26H22N2O5/c1-3-32-23(29)21-20-16-10-6-5-9-15(16)13-14-19(20)28-26(22(21)24(30)33-4-2)17-11-7-8-12-18(17)27-25(26)31/h5-14,28H,3-4H2,1-2H3,(H,27,31). The highest BCUT2D eigenvalue weighted by atomic mass is 16.5. The van der Waals surface area contributed by atoms with Gasteiger partial charge in [0, 0.05) is 22.5 Å². The lowest BCUT2D eigenvalue weighted by Gasteiger charge is -2.37. The number of hydrogen-bond donors (Lipinski definition) is 2. The van der Waals surface area contributed by atoms with E-state index in [0.717, 1.165) is 10.8 Å². The Morgan fingerprint density at radius 3 is 2.33 bits per heavy atom. The maximum absolute atomic E-state index is 13.6. The minimum atomic E-state index is -1.64. The van der Waals surface area contributed by atoms with E-state index in [1.54, 1.807) is 38.1 Å². The van der Waals surface area contributed by atoms with Crippen LogP contribution in [0.3, 0.4) is 0 Å². The lowest BCUT2D eigenvalue weighted by molar-refractivity contribution is -0.141. The molecule has 0 aliphatic carbocycles. The molecular formula is C26H22N2O5. The molecule has 33 heavy (non-hydrogen) atoms. The SMILES string of the molecule is CCOC(=O)C1=C(C(=O)OCC)C2(Nc3ccc4ccccc4c31)C(=O)Nc1ccccc12. The number of carbonyl (C=O) groups excluding carboxylic acids is 3. The quantitative estimate of drug-likeness (QED) is 0.594. The number of rotatable bonds is 4. The zero-order valence-electron chi connectivity index (χ0n) is 18.2. The van der Waals surface area contributed by atoms with E-state index in [0.29, 0.717) is 22.5 Å². The fraction of sp³-hybridized carbons (Fsp3) is 0.192. The van der Waals surface area contributed by atoms with E-state index >= 15 is 0 Å². The summed E-state index contributed by atoms with van der Waals surface area (Å²) in [4.78, 5) is 40.5. The van der Waals surface area contributed by atoms with Crippen molar-refractivity contribution in [2.45, 2.75) is 19.4 Å². The molecule has 3 aromatic carbocycles. The summed E-state index contributed by atoms with van der Waals surface area (Å²) in [5.41, 5.74) is 0.485. The maximum atomic E-state index is 13.6. The molecule has 0 aromatic heterocycles. The van der Waals surface area contributed by atoms with Crippen LogP contribution >= 0.6 is 0 Å². The Kier molecular flexibility index (Phi) is 4.89. The van der Waals surface area contributed by atoms with E-state index in [1.807, 2.05) is 36.4 Å². The summed E-state index contributed by atoms with van der Waals surface area (Å²) in [6.07, 6.45) is 0. The number of anilines is 2. The highest BCUT2D eigenvalue weighted by Gasteiger charge is 2.57. The fourth-order valence-electron chi connectivity index (χ4n) is 4.72. The van der Waals surface area contributed by atoms with E-state index in [1.165, 1.54) is 0 Å². The monoisotopic (exact) mass is 442 g/mol. The van der Waals surface area contributed by atoms with Crippen LogP contribution in [0.5, 0.6) is 0 Å². The van der Waals surface area contributed by atoms with Crippen LogP contribution < -0.4 is 10.6 Å². The van der Waals surface area contributed by atoms with Crippen LogP contribution in [-0.4, -0.2) is 31.1 Å². The fourth-order valence-corrected chi connectivity index (χ4v) is 4.72. The third kappa shape index (κ3) is 2.92. The van der Waals surface area contributed by atoms with Gasteiger partial charge in [-0.3, -0.25) is 4.79 Å². The molecule has 0 saturated heterocycles. The van der Waals surface area contributed by atoms with E-state index < -0.39 is 23.4 Å². The number of esters is 2. The van der Waals surface area contributed by atoms with Crippen molar-refractivity contribution < 1.29 is 23.9 Å². The second-order valence-electron chi connectivity index (χ2n) is 7.77. The zero-order valence-corrected chi connectivity index (χ0v) is 18.2. The summed E-state index contributed by atoms with van der Waals surface area (Å²) >= 11 is 0. The molecule has 166 valence electrons. The number of benzene rings is 3. The average molecular weight is 442 g/mol. The first-order valence-electron chi connectivity index (χ1n) is 10.8. The lowest BCUT2D eigenvalue weighted by atomic mass is 9.75. The van der Waals surface area contributed by atoms with Gasteiger partial charge in [0.1, 0.15) is 0 Å². The van der Waals surface area contributed by atoms with Gasteiger partial charge < -0.3 is 20.1 Å². The molecule has 0 bridgehead atoms. The number of ether oxygens (including phenoxy) is 2. The van der Waals surface area contributed by atoms with Crippen LogP contribution in [-0.2, 0) is 29.4 Å². The van der Waals surface area contributed by atoms with Crippen LogP contribution in [0.15, 0.2) is 66.2 Å². The first-order valence-corrected chi connectivity index (χ1v) is 10.8. The van der Waals surface area contributed by atoms with Crippen molar-refractivity contribution in [2.75, 3.05) is 23.8 Å². The highest BCUT2D eigenvalue weighted by Crippen LogP contribution is 2.52. The van der Waals surface area contributed by atoms with E-state index in [9.17, 15) is 14.4 Å². The molecule has 0 radical (unpaired) electrons. The van der Waals surface area contributed by atoms with Gasteiger partial charge in [-0.1, -0.05) is 48.5 Å². The molecule has 7 nitrogen and oxygen atoms in total. The molecule has 2 heterocycles. The van der Waals surface area contributed by atoms with Crippen molar-refractivity contribution in [3.63, 3.8) is 0 Å². The Morgan fingerprint density at radius 2 is 1.55 bits per heavy atom. The summed E-state index contributed by atoms with van der Waals surface area (Å²) < 4.78 is 10.8. The zero-order chi connectivity index (χ0) is 23.2. The van der Waals surface area contributed by atoms with Crippen molar-refractivity contribution in [1.29, 1.82) is 0 Å². The Morgan fingerprint density at radius 1 is 0.848 bits per heavy atom. The molecule has 2 aliphatic heterocycles. The topological polar surface area (TPSA) is 93.7 Å². The van der Waals surface area contributed by atoms with Gasteiger partial charge in [-0.05, 0) is 36.8 Å². The van der Waals surface area contributed by atoms with Crippen molar-refractivity contribution in [3.8, 4) is 0 Å². The summed E-state index contributed by atoms with van der Waals surface area (Å²) in [6, 6.07) is 18.4. The normalized spacial score (nSPS) is 18.4. The van der Waals surface area contributed by atoms with Crippen molar-refractivity contribution in [1.82, 2.24) is 0 Å². The molecule has 0 fully saturated rings. The van der Waals surface area contributed by atoms with Crippen molar-refractivity contribution >= 4 is 45.6 Å². The van der Waals surface area contributed by atoms with Crippen LogP contribution in [0.1, 0.15) is 25.0 Å². The predicted molar refractivity (Wildman–Crippen MR) is 125 cm³/mol. The van der Waals surface area contributed by atoms with Gasteiger partial charge in [-0.25, -0.2) is 9.59 Å². The lowest BCUT2D eigenvalue weighted by Crippen LogP contribution is -2.49. The predicted octanol–water partition coefficient (Wildman–Crippen LogP) is 3.99. The molecule has 3 aromatic rings. The Bertz CT molecular complexity index is 1360. The van der Waals surface area contributed by atoms with Crippen molar-refractivity contribution in [2.24, 2.45) is 0 Å². The van der Waals surface area contributed by atoms with Crippen LogP contribution in [0.25, 0.3) is 16.3 Å². The molecule has 7 heteroatoms. The largest absolute Gasteiger partial charge is 0.463 e. The van der Waals surface area contributed by atoms with Gasteiger partial charge >= 0.3 is 11.9 Å². The first kappa shape index (κ1) is 20.8. The van der Waals surface area contributed by atoms with Gasteiger partial charge in [-0.2, -0.15) is 0 Å². The molecular weight excluding hydrogens is 420 g/mol. The third-order valence-corrected chi connectivity index (χ3v) is 6.01. The number of hydrogen-bond acceptors (Lipinski definition) is 6. The number of amides is 1. The smallest absolute Gasteiger partial charge is 0.339 e. The van der Waals surface area contributed by atoms with E-state index in [2.05, 4.69) is 10.6 Å². The molecule has 2 N–H and O–H groups in total. The second-order valence-corrected chi connectivity index (χ2v) is 7.77. The summed E-state index contributed by atoms with van der Waals surface area (Å²) in [7, 11) is 0. The Hall–Kier alpha value is -4.13. The Labute approximate surface area is 190 Å². The van der Waals surface area contributed by atoms with E-state index in [4.69, 9.17) is 9.47 Å². The van der Waals surface area contributed by atoms with Crippen LogP contribution in [0.2, 0.25) is 0 Å². The molecule has 1 spiro atoms. The number of carbonyl (C=O) groups is 3. The van der Waals surface area contributed by atoms with Gasteiger partial charge in [0.25, 0.3) is 5.91 Å². The maximum Gasteiger partial charge on any atom is 0.339 e. The van der Waals surface area contributed by atoms with Crippen LogP contribution in [0.4, 0.5) is 11.4 Å². The molecule has 5 rings (SSSR count). The van der Waals surface area contributed by atoms with E-state index in [-0.39, 0.29) is 24.4 Å². The molecule has 2 aliphatic rings. The molecule has 1 amide bonds. The number of para-hydroxylation sites is 1. The van der Waals surface area contributed by atoms with Gasteiger partial charge in [0.05, 0.1) is 24.4 Å². The summed E-state index contributed by atoms with van der Waals surface area (Å²) in [5, 5.41) is 7.80. The minimum Gasteiger partial charge on any atom is -0.463 e. The van der Waals surface area contributed by atoms with Crippen molar-refractivity contribution in [3.05, 3.63) is 77.4 Å². The first-order chi connectivity index (χ1) is 16.0.